The quantitative estimate of drug-likeness (QED) is 0.273. The van der Waals surface area contributed by atoms with Gasteiger partial charge >= 0.3 is 11.9 Å². The van der Waals surface area contributed by atoms with Gasteiger partial charge in [-0.25, -0.2) is 0 Å². The average Bonchev–Trinajstić information content (AvgIpc) is 2.89. The van der Waals surface area contributed by atoms with Gasteiger partial charge in [0, 0.05) is 17.4 Å². The van der Waals surface area contributed by atoms with Gasteiger partial charge in [-0.15, -0.1) is 0 Å². The predicted octanol–water partition coefficient (Wildman–Crippen LogP) is 6.03. The molecular formula is C31H23NO4. The lowest BCUT2D eigenvalue weighted by Gasteiger charge is -2.49. The highest BCUT2D eigenvalue weighted by Crippen LogP contribution is 2.58. The van der Waals surface area contributed by atoms with Gasteiger partial charge in [-0.1, -0.05) is 91.0 Å². The molecule has 4 aromatic rings. The van der Waals surface area contributed by atoms with Gasteiger partial charge < -0.3 is 9.84 Å². The highest BCUT2D eigenvalue weighted by atomic mass is 16.5. The molecule has 0 radical (unpaired) electrons. The van der Waals surface area contributed by atoms with E-state index in [2.05, 4.69) is 6.07 Å². The lowest BCUT2D eigenvalue weighted by atomic mass is 9.52. The van der Waals surface area contributed by atoms with Crippen LogP contribution in [0.2, 0.25) is 0 Å². The SMILES string of the molecule is N#Cc1ccc(-c2ccccc2OC(=O)C2C(c3ccccc3)[C@H](C(=O)O)[C@H]2c2ccccc2)cc1. The predicted molar refractivity (Wildman–Crippen MR) is 135 cm³/mol. The molecule has 0 spiro atoms. The standard InChI is InChI=1S/C31H23NO4/c32-19-20-15-17-21(18-16-20)24-13-7-8-14-25(24)36-31(35)29-26(22-9-3-1-4-10-22)28(30(33)34)27(29)23-11-5-2-6-12-23/h1-18,26-29H,(H,33,34)/t26-,27?,28-,29?/m1/s1. The molecule has 2 unspecified atom stereocenters. The molecule has 0 heterocycles. The molecule has 36 heavy (non-hydrogen) atoms. The fourth-order valence-corrected chi connectivity index (χ4v) is 5.22. The molecule has 0 saturated heterocycles. The van der Waals surface area contributed by atoms with Crippen LogP contribution < -0.4 is 4.74 Å². The summed E-state index contributed by atoms with van der Waals surface area (Å²) in [5, 5.41) is 19.3. The molecule has 1 fully saturated rings. The molecule has 0 aromatic heterocycles. The van der Waals surface area contributed by atoms with Crippen LogP contribution in [0.3, 0.4) is 0 Å². The first-order valence-corrected chi connectivity index (χ1v) is 11.7. The third kappa shape index (κ3) is 4.25. The molecule has 0 aliphatic heterocycles. The van der Waals surface area contributed by atoms with Crippen molar-refractivity contribution in [2.24, 2.45) is 11.8 Å². The number of nitriles is 1. The highest BCUT2D eigenvalue weighted by molar-refractivity contribution is 5.87. The van der Waals surface area contributed by atoms with E-state index in [4.69, 9.17) is 10.00 Å². The van der Waals surface area contributed by atoms with E-state index < -0.39 is 35.6 Å². The molecule has 1 N–H and O–H groups in total. The number of para-hydroxylation sites is 1. The zero-order chi connectivity index (χ0) is 25.1. The zero-order valence-electron chi connectivity index (χ0n) is 19.3. The summed E-state index contributed by atoms with van der Waals surface area (Å²) >= 11 is 0. The maximum absolute atomic E-state index is 13.8. The summed E-state index contributed by atoms with van der Waals surface area (Å²) in [7, 11) is 0. The number of carboxylic acids is 1. The second-order valence-electron chi connectivity index (χ2n) is 8.87. The molecule has 1 saturated carbocycles. The molecular weight excluding hydrogens is 450 g/mol. The number of hydrogen-bond donors (Lipinski definition) is 1. The van der Waals surface area contributed by atoms with Gasteiger partial charge in [0.1, 0.15) is 5.75 Å². The van der Waals surface area contributed by atoms with E-state index in [0.29, 0.717) is 11.3 Å². The minimum Gasteiger partial charge on any atom is -0.481 e. The molecule has 1 aliphatic rings. The minimum atomic E-state index is -0.931. The molecule has 176 valence electrons. The number of carbonyl (C=O) groups excluding carboxylic acids is 1. The molecule has 0 bridgehead atoms. The Morgan fingerprint density at radius 2 is 1.22 bits per heavy atom. The molecule has 5 heteroatoms. The maximum Gasteiger partial charge on any atom is 0.315 e. The van der Waals surface area contributed by atoms with Crippen molar-refractivity contribution < 1.29 is 19.4 Å². The summed E-state index contributed by atoms with van der Waals surface area (Å²) in [6.45, 7) is 0. The van der Waals surface area contributed by atoms with Crippen LogP contribution in [-0.2, 0) is 9.59 Å². The number of hydrogen-bond acceptors (Lipinski definition) is 4. The third-order valence-electron chi connectivity index (χ3n) is 6.90. The van der Waals surface area contributed by atoms with Crippen LogP contribution in [0.15, 0.2) is 109 Å². The Bertz CT molecular complexity index is 1380. The van der Waals surface area contributed by atoms with Gasteiger partial charge in [-0.2, -0.15) is 5.26 Å². The summed E-state index contributed by atoms with van der Waals surface area (Å²) in [6.07, 6.45) is 0. The molecule has 0 amide bonds. The summed E-state index contributed by atoms with van der Waals surface area (Å²) in [6, 6.07) is 35.0. The number of ether oxygens (including phenoxy) is 1. The van der Waals surface area contributed by atoms with Crippen LogP contribution in [0.1, 0.15) is 28.5 Å². The Morgan fingerprint density at radius 1 is 0.694 bits per heavy atom. The van der Waals surface area contributed by atoms with E-state index in [9.17, 15) is 14.7 Å². The van der Waals surface area contributed by atoms with Gasteiger partial charge in [0.2, 0.25) is 0 Å². The van der Waals surface area contributed by atoms with Gasteiger partial charge in [-0.05, 0) is 34.9 Å². The number of benzene rings is 4. The van der Waals surface area contributed by atoms with E-state index in [1.807, 2.05) is 84.9 Å². The number of rotatable bonds is 6. The van der Waals surface area contributed by atoms with Gasteiger partial charge in [0.15, 0.2) is 0 Å². The van der Waals surface area contributed by atoms with Crippen molar-refractivity contribution in [3.63, 3.8) is 0 Å². The highest BCUT2D eigenvalue weighted by Gasteiger charge is 2.59. The second kappa shape index (κ2) is 9.89. The van der Waals surface area contributed by atoms with E-state index >= 15 is 0 Å². The topological polar surface area (TPSA) is 87.4 Å². The molecule has 5 rings (SSSR count). The number of carbonyl (C=O) groups is 2. The summed E-state index contributed by atoms with van der Waals surface area (Å²) in [4.78, 5) is 26.1. The Morgan fingerprint density at radius 3 is 1.75 bits per heavy atom. The van der Waals surface area contributed by atoms with E-state index in [-0.39, 0.29) is 0 Å². The number of esters is 1. The fourth-order valence-electron chi connectivity index (χ4n) is 5.22. The summed E-state index contributed by atoms with van der Waals surface area (Å²) in [5.41, 5.74) is 3.68. The Hall–Kier alpha value is -4.69. The van der Waals surface area contributed by atoms with Crippen molar-refractivity contribution in [1.82, 2.24) is 0 Å². The van der Waals surface area contributed by atoms with E-state index in [1.54, 1.807) is 24.3 Å². The van der Waals surface area contributed by atoms with Crippen LogP contribution in [0.5, 0.6) is 5.75 Å². The molecule has 5 nitrogen and oxygen atoms in total. The van der Waals surface area contributed by atoms with Crippen molar-refractivity contribution >= 4 is 11.9 Å². The monoisotopic (exact) mass is 473 g/mol. The van der Waals surface area contributed by atoms with Crippen molar-refractivity contribution in [3.05, 3.63) is 126 Å². The number of carboxylic acid groups (broad SMARTS) is 1. The third-order valence-corrected chi connectivity index (χ3v) is 6.90. The second-order valence-corrected chi connectivity index (χ2v) is 8.87. The molecule has 4 aromatic carbocycles. The van der Waals surface area contributed by atoms with E-state index in [1.165, 1.54) is 0 Å². The normalized spacial score (nSPS) is 20.5. The maximum atomic E-state index is 13.8. The van der Waals surface area contributed by atoms with E-state index in [0.717, 1.165) is 22.3 Å². The van der Waals surface area contributed by atoms with Crippen molar-refractivity contribution in [1.29, 1.82) is 5.26 Å². The fraction of sp³-hybridized carbons (Fsp3) is 0.129. The Balaban J connectivity index is 1.52. The minimum absolute atomic E-state index is 0.393. The van der Waals surface area contributed by atoms with Crippen LogP contribution in [0, 0.1) is 23.2 Å². The summed E-state index contributed by atoms with van der Waals surface area (Å²) < 4.78 is 6.00. The first-order chi connectivity index (χ1) is 17.6. The van der Waals surface area contributed by atoms with Gasteiger partial charge in [0.25, 0.3) is 0 Å². The van der Waals surface area contributed by atoms with Crippen molar-refractivity contribution in [2.45, 2.75) is 11.8 Å². The van der Waals surface area contributed by atoms with Crippen LogP contribution in [0.4, 0.5) is 0 Å². The lowest BCUT2D eigenvalue weighted by molar-refractivity contribution is -0.158. The lowest BCUT2D eigenvalue weighted by Crippen LogP contribution is -2.52. The van der Waals surface area contributed by atoms with Crippen molar-refractivity contribution in [2.75, 3.05) is 0 Å². The van der Waals surface area contributed by atoms with Gasteiger partial charge in [-0.3, -0.25) is 9.59 Å². The number of nitrogens with zero attached hydrogens (tertiary/aromatic N) is 1. The first kappa shape index (κ1) is 23.1. The van der Waals surface area contributed by atoms with Crippen LogP contribution in [-0.4, -0.2) is 17.0 Å². The van der Waals surface area contributed by atoms with Crippen molar-refractivity contribution in [3.8, 4) is 22.9 Å². The van der Waals surface area contributed by atoms with Crippen LogP contribution in [0.25, 0.3) is 11.1 Å². The summed E-state index contributed by atoms with van der Waals surface area (Å²) in [5.74, 6) is -3.43. The zero-order valence-corrected chi connectivity index (χ0v) is 19.3. The average molecular weight is 474 g/mol. The Labute approximate surface area is 209 Å². The Kier molecular flexibility index (Phi) is 6.34. The molecule has 4 atom stereocenters. The smallest absolute Gasteiger partial charge is 0.315 e. The van der Waals surface area contributed by atoms with Gasteiger partial charge in [0.05, 0.1) is 23.5 Å². The van der Waals surface area contributed by atoms with Crippen LogP contribution >= 0.6 is 0 Å². The largest absolute Gasteiger partial charge is 0.481 e. The number of aliphatic carboxylic acids is 1. The molecule has 1 aliphatic carbocycles. The first-order valence-electron chi connectivity index (χ1n) is 11.7.